The molecule has 1 saturated heterocycles. The Morgan fingerprint density at radius 1 is 1.38 bits per heavy atom. The summed E-state index contributed by atoms with van der Waals surface area (Å²) in [6.45, 7) is 4.62. The van der Waals surface area contributed by atoms with E-state index in [1.807, 2.05) is 18.7 Å². The molecule has 4 heteroatoms. The lowest BCUT2D eigenvalue weighted by atomic mass is 9.96. The summed E-state index contributed by atoms with van der Waals surface area (Å²) in [4.78, 5) is 26.1. The van der Waals surface area contributed by atoms with E-state index >= 15 is 0 Å². The lowest BCUT2D eigenvalue weighted by Gasteiger charge is -2.33. The van der Waals surface area contributed by atoms with Crippen molar-refractivity contribution >= 4 is 11.8 Å². The van der Waals surface area contributed by atoms with E-state index in [4.69, 9.17) is 0 Å². The molecule has 4 nitrogen and oxygen atoms in total. The number of nitrogens with zero attached hydrogens (tertiary/aromatic N) is 1. The van der Waals surface area contributed by atoms with Crippen LogP contribution in [0.1, 0.15) is 46.0 Å². The van der Waals surface area contributed by atoms with Crippen molar-refractivity contribution in [1.82, 2.24) is 10.2 Å². The Kier molecular flexibility index (Phi) is 2.91. The van der Waals surface area contributed by atoms with Gasteiger partial charge in [0, 0.05) is 19.0 Å². The fourth-order valence-electron chi connectivity index (χ4n) is 3.00. The topological polar surface area (TPSA) is 49.4 Å². The fraction of sp³-hybridized carbons (Fsp3) is 0.833. The molecule has 0 bridgehead atoms. The zero-order valence-electron chi connectivity index (χ0n) is 10.1. The molecule has 1 aliphatic heterocycles. The number of rotatable bonds is 1. The third-order valence-corrected chi connectivity index (χ3v) is 3.86. The van der Waals surface area contributed by atoms with E-state index in [1.165, 1.54) is 0 Å². The van der Waals surface area contributed by atoms with Gasteiger partial charge in [-0.05, 0) is 26.7 Å². The van der Waals surface area contributed by atoms with Crippen LogP contribution in [0, 0.1) is 0 Å². The Morgan fingerprint density at radius 2 is 2.00 bits per heavy atom. The van der Waals surface area contributed by atoms with Crippen molar-refractivity contribution < 1.29 is 9.59 Å². The lowest BCUT2D eigenvalue weighted by molar-refractivity contribution is -0.139. The molecule has 90 valence electrons. The molecular formula is C12H20N2O2. The SMILES string of the molecule is CCN1C(=O)C2(CCCC2)NC(=O)CC1C. The van der Waals surface area contributed by atoms with Gasteiger partial charge in [0.05, 0.1) is 0 Å². The maximum absolute atomic E-state index is 12.5. The number of hydrogen-bond acceptors (Lipinski definition) is 2. The predicted molar refractivity (Wildman–Crippen MR) is 60.8 cm³/mol. The summed E-state index contributed by atoms with van der Waals surface area (Å²) in [5.74, 6) is 0.157. The Morgan fingerprint density at radius 3 is 2.56 bits per heavy atom. The molecule has 1 aliphatic carbocycles. The van der Waals surface area contributed by atoms with Gasteiger partial charge in [-0.25, -0.2) is 0 Å². The first-order chi connectivity index (χ1) is 7.59. The maximum atomic E-state index is 12.5. The molecule has 2 fully saturated rings. The number of nitrogens with one attached hydrogen (secondary N) is 1. The van der Waals surface area contributed by atoms with Gasteiger partial charge in [0.25, 0.3) is 0 Å². The zero-order valence-corrected chi connectivity index (χ0v) is 10.1. The standard InChI is InChI=1S/C12H20N2O2/c1-3-14-9(2)8-10(15)13-12(11(14)16)6-4-5-7-12/h9H,3-8H2,1-2H3,(H,13,15). The summed E-state index contributed by atoms with van der Waals surface area (Å²) >= 11 is 0. The van der Waals surface area contributed by atoms with Gasteiger partial charge in [-0.2, -0.15) is 0 Å². The molecule has 0 aromatic rings. The number of amides is 2. The Balaban J connectivity index is 2.31. The van der Waals surface area contributed by atoms with Crippen molar-refractivity contribution in [2.45, 2.75) is 57.5 Å². The summed E-state index contributed by atoms with van der Waals surface area (Å²) in [5, 5.41) is 2.97. The highest BCUT2D eigenvalue weighted by Crippen LogP contribution is 2.33. The molecule has 2 amide bonds. The fourth-order valence-corrected chi connectivity index (χ4v) is 3.00. The van der Waals surface area contributed by atoms with Crippen LogP contribution in [0.25, 0.3) is 0 Å². The van der Waals surface area contributed by atoms with E-state index in [0.29, 0.717) is 13.0 Å². The first-order valence-electron chi connectivity index (χ1n) is 6.21. The van der Waals surface area contributed by atoms with Crippen LogP contribution in [0.3, 0.4) is 0 Å². The molecule has 1 spiro atoms. The number of likely N-dealkylation sites (N-methyl/N-ethyl adjacent to an activating group) is 1. The second-order valence-corrected chi connectivity index (χ2v) is 4.98. The van der Waals surface area contributed by atoms with E-state index in [9.17, 15) is 9.59 Å². The van der Waals surface area contributed by atoms with Crippen LogP contribution < -0.4 is 5.32 Å². The van der Waals surface area contributed by atoms with Gasteiger partial charge in [-0.15, -0.1) is 0 Å². The van der Waals surface area contributed by atoms with E-state index in [-0.39, 0.29) is 17.9 Å². The molecule has 1 atom stereocenters. The normalized spacial score (nSPS) is 29.4. The van der Waals surface area contributed by atoms with Crippen LogP contribution in [0.5, 0.6) is 0 Å². The number of hydrogen-bond donors (Lipinski definition) is 1. The Bertz CT molecular complexity index is 308. The minimum atomic E-state index is -0.572. The summed E-state index contributed by atoms with van der Waals surface area (Å²) in [6.07, 6.45) is 4.12. The number of carbonyl (C=O) groups is 2. The predicted octanol–water partition coefficient (Wildman–Crippen LogP) is 1.06. The first kappa shape index (κ1) is 11.4. The van der Waals surface area contributed by atoms with Crippen molar-refractivity contribution in [2.75, 3.05) is 6.54 Å². The molecule has 2 rings (SSSR count). The summed E-state index contributed by atoms with van der Waals surface area (Å²) in [6, 6.07) is 0.0254. The van der Waals surface area contributed by atoms with Crippen molar-refractivity contribution in [3.8, 4) is 0 Å². The Labute approximate surface area is 96.4 Å². The summed E-state index contributed by atoms with van der Waals surface area (Å²) in [7, 11) is 0. The van der Waals surface area contributed by atoms with Gasteiger partial charge in [0.15, 0.2) is 0 Å². The summed E-state index contributed by atoms with van der Waals surface area (Å²) in [5.41, 5.74) is -0.572. The van der Waals surface area contributed by atoms with E-state index in [0.717, 1.165) is 25.7 Å². The first-order valence-corrected chi connectivity index (χ1v) is 6.21. The van der Waals surface area contributed by atoms with Crippen molar-refractivity contribution in [2.24, 2.45) is 0 Å². The highest BCUT2D eigenvalue weighted by atomic mass is 16.2. The highest BCUT2D eigenvalue weighted by molar-refractivity contribution is 5.94. The molecule has 2 aliphatic rings. The minimum Gasteiger partial charge on any atom is -0.342 e. The number of carbonyl (C=O) groups excluding carboxylic acids is 2. The molecule has 16 heavy (non-hydrogen) atoms. The van der Waals surface area contributed by atoms with Crippen molar-refractivity contribution in [3.05, 3.63) is 0 Å². The van der Waals surface area contributed by atoms with Crippen molar-refractivity contribution in [3.63, 3.8) is 0 Å². The van der Waals surface area contributed by atoms with Crippen molar-refractivity contribution in [1.29, 1.82) is 0 Å². The third-order valence-electron chi connectivity index (χ3n) is 3.86. The highest BCUT2D eigenvalue weighted by Gasteiger charge is 2.47. The van der Waals surface area contributed by atoms with E-state index in [2.05, 4.69) is 5.32 Å². The van der Waals surface area contributed by atoms with Gasteiger partial charge in [-0.3, -0.25) is 9.59 Å². The molecule has 1 unspecified atom stereocenters. The molecule has 1 N–H and O–H groups in total. The third kappa shape index (κ3) is 1.70. The Hall–Kier alpha value is -1.06. The average Bonchev–Trinajstić information content (AvgIpc) is 2.64. The van der Waals surface area contributed by atoms with Crippen LogP contribution in [0.4, 0.5) is 0 Å². The van der Waals surface area contributed by atoms with Gasteiger partial charge in [0.1, 0.15) is 5.54 Å². The molecule has 0 aromatic carbocycles. The van der Waals surface area contributed by atoms with Gasteiger partial charge in [-0.1, -0.05) is 12.8 Å². The monoisotopic (exact) mass is 224 g/mol. The second kappa shape index (κ2) is 4.07. The smallest absolute Gasteiger partial charge is 0.248 e. The maximum Gasteiger partial charge on any atom is 0.248 e. The van der Waals surface area contributed by atoms with Crippen LogP contribution in [0.15, 0.2) is 0 Å². The minimum absolute atomic E-state index is 0.0254. The molecule has 0 aromatic heterocycles. The summed E-state index contributed by atoms with van der Waals surface area (Å²) < 4.78 is 0. The molecule has 1 saturated carbocycles. The largest absolute Gasteiger partial charge is 0.342 e. The zero-order chi connectivity index (χ0) is 11.8. The van der Waals surface area contributed by atoms with E-state index in [1.54, 1.807) is 0 Å². The average molecular weight is 224 g/mol. The van der Waals surface area contributed by atoms with Crippen LogP contribution >= 0.6 is 0 Å². The second-order valence-electron chi connectivity index (χ2n) is 4.98. The van der Waals surface area contributed by atoms with Crippen LogP contribution in [0.2, 0.25) is 0 Å². The van der Waals surface area contributed by atoms with Gasteiger partial charge < -0.3 is 10.2 Å². The quantitative estimate of drug-likeness (QED) is 0.724. The van der Waals surface area contributed by atoms with Gasteiger partial charge >= 0.3 is 0 Å². The van der Waals surface area contributed by atoms with Crippen LogP contribution in [-0.2, 0) is 9.59 Å². The van der Waals surface area contributed by atoms with E-state index < -0.39 is 5.54 Å². The van der Waals surface area contributed by atoms with Crippen LogP contribution in [-0.4, -0.2) is 34.8 Å². The molecule has 0 radical (unpaired) electrons. The molecule has 1 heterocycles. The van der Waals surface area contributed by atoms with Gasteiger partial charge in [0.2, 0.25) is 11.8 Å². The molecular weight excluding hydrogens is 204 g/mol. The lowest BCUT2D eigenvalue weighted by Crippen LogP contribution is -2.56.